The van der Waals surface area contributed by atoms with Crippen molar-refractivity contribution in [3.63, 3.8) is 0 Å². The van der Waals surface area contributed by atoms with Crippen LogP contribution in [0.15, 0.2) is 24.3 Å². The van der Waals surface area contributed by atoms with Crippen molar-refractivity contribution in [2.45, 2.75) is 26.2 Å². The van der Waals surface area contributed by atoms with E-state index in [1.165, 1.54) is 18.4 Å². The molecule has 0 aromatic heterocycles. The van der Waals surface area contributed by atoms with Crippen LogP contribution in [0.5, 0.6) is 0 Å². The normalized spacial score (nSPS) is 13.8. The molecule has 1 aliphatic rings. The zero-order valence-corrected chi connectivity index (χ0v) is 11.6. The van der Waals surface area contributed by atoms with Crippen LogP contribution in [0.1, 0.15) is 25.3 Å². The third kappa shape index (κ3) is 5.07. The molecule has 2 rings (SSSR count). The lowest BCUT2D eigenvalue weighted by atomic mass is 10.1. The van der Waals surface area contributed by atoms with Crippen LogP contribution in [-0.2, 0) is 11.2 Å². The Morgan fingerprint density at radius 2 is 1.94 bits per heavy atom. The molecule has 0 heterocycles. The molecular weight excluding hydrogens is 248 g/mol. The highest BCUT2D eigenvalue weighted by atomic mass is 35.5. The van der Waals surface area contributed by atoms with E-state index >= 15 is 0 Å². The van der Waals surface area contributed by atoms with Gasteiger partial charge in [-0.15, -0.1) is 12.4 Å². The first-order chi connectivity index (χ1) is 8.28. The molecule has 0 spiro atoms. The molecule has 0 atom stereocenters. The Hall–Kier alpha value is -1.06. The van der Waals surface area contributed by atoms with Crippen LogP contribution in [0.25, 0.3) is 0 Å². The Bertz CT molecular complexity index is 374. The number of hydrogen-bond donors (Lipinski definition) is 2. The molecule has 1 aromatic rings. The summed E-state index contributed by atoms with van der Waals surface area (Å²) in [6.45, 7) is 3.50. The number of rotatable bonds is 6. The highest BCUT2D eigenvalue weighted by Crippen LogP contribution is 2.27. The van der Waals surface area contributed by atoms with E-state index in [0.717, 1.165) is 24.6 Å². The SMILES string of the molecule is CCc1ccc(NC(=O)CNCC2CC2)cc1.Cl. The first-order valence-electron chi connectivity index (χ1n) is 6.37. The Balaban J connectivity index is 0.00000162. The van der Waals surface area contributed by atoms with Crippen molar-refractivity contribution >= 4 is 24.0 Å². The lowest BCUT2D eigenvalue weighted by molar-refractivity contribution is -0.115. The number of carbonyl (C=O) groups is 1. The van der Waals surface area contributed by atoms with Crippen LogP contribution in [0, 0.1) is 5.92 Å². The molecule has 1 fully saturated rings. The number of nitrogens with one attached hydrogen (secondary N) is 2. The third-order valence-corrected chi connectivity index (χ3v) is 3.06. The van der Waals surface area contributed by atoms with Gasteiger partial charge in [-0.1, -0.05) is 19.1 Å². The summed E-state index contributed by atoms with van der Waals surface area (Å²) in [5, 5.41) is 6.06. The predicted molar refractivity (Wildman–Crippen MR) is 77.3 cm³/mol. The number of carbonyl (C=O) groups excluding carboxylic acids is 1. The molecule has 1 amide bonds. The fourth-order valence-electron chi connectivity index (χ4n) is 1.74. The highest BCUT2D eigenvalue weighted by Gasteiger charge is 2.20. The topological polar surface area (TPSA) is 41.1 Å². The average Bonchev–Trinajstić information content (AvgIpc) is 3.14. The van der Waals surface area contributed by atoms with E-state index in [-0.39, 0.29) is 18.3 Å². The van der Waals surface area contributed by atoms with Crippen molar-refractivity contribution < 1.29 is 4.79 Å². The van der Waals surface area contributed by atoms with Gasteiger partial charge in [-0.3, -0.25) is 4.79 Å². The molecule has 1 aliphatic carbocycles. The minimum absolute atomic E-state index is 0. The van der Waals surface area contributed by atoms with Crippen molar-refractivity contribution in [2.24, 2.45) is 5.92 Å². The van der Waals surface area contributed by atoms with Gasteiger partial charge in [0.1, 0.15) is 0 Å². The van der Waals surface area contributed by atoms with Crippen molar-refractivity contribution in [3.8, 4) is 0 Å². The zero-order chi connectivity index (χ0) is 12.1. The molecule has 0 radical (unpaired) electrons. The summed E-state index contributed by atoms with van der Waals surface area (Å²) in [5.74, 6) is 0.849. The van der Waals surface area contributed by atoms with E-state index in [1.54, 1.807) is 0 Å². The second-order valence-corrected chi connectivity index (χ2v) is 4.67. The molecule has 100 valence electrons. The standard InChI is InChI=1S/C14H20N2O.ClH/c1-2-11-5-7-13(8-6-11)16-14(17)10-15-9-12-3-4-12;/h5-8,12,15H,2-4,9-10H2,1H3,(H,16,17);1H. The third-order valence-electron chi connectivity index (χ3n) is 3.06. The first kappa shape index (κ1) is 15.0. The number of amides is 1. The van der Waals surface area contributed by atoms with Crippen LogP contribution >= 0.6 is 12.4 Å². The number of aryl methyl sites for hydroxylation is 1. The van der Waals surface area contributed by atoms with Gasteiger partial charge in [0.05, 0.1) is 6.54 Å². The van der Waals surface area contributed by atoms with Gasteiger partial charge in [0.15, 0.2) is 0 Å². The van der Waals surface area contributed by atoms with E-state index in [9.17, 15) is 4.79 Å². The molecule has 1 saturated carbocycles. The van der Waals surface area contributed by atoms with Crippen molar-refractivity contribution in [1.29, 1.82) is 0 Å². The predicted octanol–water partition coefficient (Wildman–Crippen LogP) is 2.61. The monoisotopic (exact) mass is 268 g/mol. The number of hydrogen-bond acceptors (Lipinski definition) is 2. The Morgan fingerprint density at radius 1 is 1.28 bits per heavy atom. The van der Waals surface area contributed by atoms with Crippen LogP contribution < -0.4 is 10.6 Å². The summed E-state index contributed by atoms with van der Waals surface area (Å²) in [6.07, 6.45) is 3.65. The van der Waals surface area contributed by atoms with Crippen LogP contribution in [0.2, 0.25) is 0 Å². The van der Waals surface area contributed by atoms with Gasteiger partial charge in [0.2, 0.25) is 5.91 Å². The van der Waals surface area contributed by atoms with E-state index in [4.69, 9.17) is 0 Å². The molecule has 0 aliphatic heterocycles. The summed E-state index contributed by atoms with van der Waals surface area (Å²) in [7, 11) is 0. The van der Waals surface area contributed by atoms with Gasteiger partial charge in [-0.2, -0.15) is 0 Å². The van der Waals surface area contributed by atoms with E-state index in [1.807, 2.05) is 24.3 Å². The molecule has 18 heavy (non-hydrogen) atoms. The van der Waals surface area contributed by atoms with Crippen molar-refractivity contribution in [1.82, 2.24) is 5.32 Å². The lowest BCUT2D eigenvalue weighted by Gasteiger charge is -2.06. The molecule has 0 bridgehead atoms. The second-order valence-electron chi connectivity index (χ2n) is 4.67. The highest BCUT2D eigenvalue weighted by molar-refractivity contribution is 5.92. The Morgan fingerprint density at radius 3 is 2.50 bits per heavy atom. The summed E-state index contributed by atoms with van der Waals surface area (Å²) in [6, 6.07) is 8.01. The molecule has 3 nitrogen and oxygen atoms in total. The Kier molecular flexibility index (Phi) is 6.16. The van der Waals surface area contributed by atoms with Gasteiger partial charge < -0.3 is 10.6 Å². The largest absolute Gasteiger partial charge is 0.325 e. The van der Waals surface area contributed by atoms with Gasteiger partial charge >= 0.3 is 0 Å². The number of halogens is 1. The van der Waals surface area contributed by atoms with E-state index in [2.05, 4.69) is 17.6 Å². The maximum absolute atomic E-state index is 11.6. The van der Waals surface area contributed by atoms with E-state index in [0.29, 0.717) is 6.54 Å². The van der Waals surface area contributed by atoms with Gasteiger partial charge in [-0.05, 0) is 49.4 Å². The fourth-order valence-corrected chi connectivity index (χ4v) is 1.74. The molecule has 4 heteroatoms. The fraction of sp³-hybridized carbons (Fsp3) is 0.500. The minimum atomic E-state index is 0. The first-order valence-corrected chi connectivity index (χ1v) is 6.37. The molecule has 1 aromatic carbocycles. The second kappa shape index (κ2) is 7.39. The quantitative estimate of drug-likeness (QED) is 0.833. The minimum Gasteiger partial charge on any atom is -0.325 e. The van der Waals surface area contributed by atoms with Crippen LogP contribution in [-0.4, -0.2) is 19.0 Å². The Labute approximate surface area is 115 Å². The number of benzene rings is 1. The molecule has 0 saturated heterocycles. The lowest BCUT2D eigenvalue weighted by Crippen LogP contribution is -2.29. The summed E-state index contributed by atoms with van der Waals surface area (Å²) >= 11 is 0. The summed E-state index contributed by atoms with van der Waals surface area (Å²) in [4.78, 5) is 11.6. The van der Waals surface area contributed by atoms with Gasteiger partial charge in [0, 0.05) is 5.69 Å². The van der Waals surface area contributed by atoms with Crippen LogP contribution in [0.4, 0.5) is 5.69 Å². The maximum atomic E-state index is 11.6. The summed E-state index contributed by atoms with van der Waals surface area (Å²) in [5.41, 5.74) is 2.16. The van der Waals surface area contributed by atoms with Crippen molar-refractivity contribution in [2.75, 3.05) is 18.4 Å². The van der Waals surface area contributed by atoms with Crippen LogP contribution in [0.3, 0.4) is 0 Å². The van der Waals surface area contributed by atoms with Crippen molar-refractivity contribution in [3.05, 3.63) is 29.8 Å². The van der Waals surface area contributed by atoms with Gasteiger partial charge in [-0.25, -0.2) is 0 Å². The van der Waals surface area contributed by atoms with Gasteiger partial charge in [0.25, 0.3) is 0 Å². The average molecular weight is 269 g/mol. The van der Waals surface area contributed by atoms with E-state index < -0.39 is 0 Å². The molecule has 2 N–H and O–H groups in total. The molecule has 0 unspecified atom stereocenters. The maximum Gasteiger partial charge on any atom is 0.238 e. The summed E-state index contributed by atoms with van der Waals surface area (Å²) < 4.78 is 0. The zero-order valence-electron chi connectivity index (χ0n) is 10.7. The number of anilines is 1. The smallest absolute Gasteiger partial charge is 0.238 e. The molecular formula is C14H21ClN2O.